The van der Waals surface area contributed by atoms with Gasteiger partial charge in [0.1, 0.15) is 0 Å². The minimum absolute atomic E-state index is 0.222. The molecule has 0 saturated carbocycles. The number of hydrogen-bond acceptors (Lipinski definition) is 3. The van der Waals surface area contributed by atoms with Crippen molar-refractivity contribution in [3.63, 3.8) is 0 Å². The maximum absolute atomic E-state index is 5.22. The number of furan rings is 1. The Morgan fingerprint density at radius 2 is 1.89 bits per heavy atom. The number of rotatable bonds is 7. The van der Waals surface area contributed by atoms with E-state index in [-0.39, 0.29) is 6.04 Å². The first-order valence-electron chi connectivity index (χ1n) is 6.83. The highest BCUT2D eigenvalue weighted by Gasteiger charge is 2.14. The quantitative estimate of drug-likeness (QED) is 0.754. The van der Waals surface area contributed by atoms with Gasteiger partial charge in [-0.3, -0.25) is 0 Å². The third-order valence-corrected chi connectivity index (χ3v) is 3.89. The summed E-state index contributed by atoms with van der Waals surface area (Å²) in [5, 5.41) is 3.57. The molecular formula is C16H21NOS. The van der Waals surface area contributed by atoms with Gasteiger partial charge in [0.05, 0.1) is 18.6 Å². The zero-order valence-corrected chi connectivity index (χ0v) is 12.4. The van der Waals surface area contributed by atoms with Gasteiger partial charge in [0.25, 0.3) is 0 Å². The van der Waals surface area contributed by atoms with E-state index in [4.69, 9.17) is 4.42 Å². The van der Waals surface area contributed by atoms with Crippen molar-refractivity contribution in [1.82, 2.24) is 5.32 Å². The van der Waals surface area contributed by atoms with E-state index in [9.17, 15) is 0 Å². The summed E-state index contributed by atoms with van der Waals surface area (Å²) in [5.41, 5.74) is 2.47. The van der Waals surface area contributed by atoms with Crippen LogP contribution in [0.2, 0.25) is 0 Å². The van der Waals surface area contributed by atoms with Crippen LogP contribution in [0.5, 0.6) is 0 Å². The maximum Gasteiger partial charge on any atom is 0.0953 e. The van der Waals surface area contributed by atoms with Crippen molar-refractivity contribution in [2.45, 2.75) is 31.2 Å². The van der Waals surface area contributed by atoms with Crippen LogP contribution < -0.4 is 5.32 Å². The molecule has 1 N–H and O–H groups in total. The van der Waals surface area contributed by atoms with Crippen molar-refractivity contribution in [1.29, 1.82) is 0 Å². The molecule has 0 aliphatic heterocycles. The molecule has 3 heteroatoms. The smallest absolute Gasteiger partial charge is 0.0953 e. The van der Waals surface area contributed by atoms with Gasteiger partial charge in [0, 0.05) is 10.5 Å². The highest BCUT2D eigenvalue weighted by atomic mass is 32.2. The van der Waals surface area contributed by atoms with E-state index in [1.165, 1.54) is 16.0 Å². The molecule has 1 aromatic carbocycles. The Labute approximate surface area is 119 Å². The van der Waals surface area contributed by atoms with E-state index in [1.54, 1.807) is 6.26 Å². The maximum atomic E-state index is 5.22. The lowest BCUT2D eigenvalue weighted by atomic mass is 10.0. The highest BCUT2D eigenvalue weighted by Crippen LogP contribution is 2.25. The molecule has 0 spiro atoms. The average Bonchev–Trinajstić information content (AvgIpc) is 2.95. The molecule has 2 nitrogen and oxygen atoms in total. The van der Waals surface area contributed by atoms with E-state index in [0.717, 1.165) is 18.7 Å². The van der Waals surface area contributed by atoms with Gasteiger partial charge >= 0.3 is 0 Å². The van der Waals surface area contributed by atoms with E-state index in [0.29, 0.717) is 0 Å². The lowest BCUT2D eigenvalue weighted by Crippen LogP contribution is -2.22. The van der Waals surface area contributed by atoms with Gasteiger partial charge in [-0.25, -0.2) is 0 Å². The Bertz CT molecular complexity index is 464. The van der Waals surface area contributed by atoms with Crippen LogP contribution in [0.25, 0.3) is 0 Å². The summed E-state index contributed by atoms with van der Waals surface area (Å²) < 4.78 is 5.22. The Hall–Kier alpha value is -1.19. The standard InChI is InChI=1S/C16H21NOS/c1-3-10-17-16(14-9-11-18-12-14)13-5-7-15(8-6-13)19-4-2/h5-9,11-12,16-17H,3-4,10H2,1-2H3. The molecule has 0 aliphatic rings. The summed E-state index contributed by atoms with van der Waals surface area (Å²) in [6, 6.07) is 11.1. The molecule has 1 heterocycles. The van der Waals surface area contributed by atoms with Gasteiger partial charge in [0.2, 0.25) is 0 Å². The van der Waals surface area contributed by atoms with Crippen molar-refractivity contribution in [3.05, 3.63) is 54.0 Å². The fourth-order valence-corrected chi connectivity index (χ4v) is 2.74. The van der Waals surface area contributed by atoms with Crippen LogP contribution >= 0.6 is 11.8 Å². The van der Waals surface area contributed by atoms with Crippen LogP contribution in [0.1, 0.15) is 37.4 Å². The zero-order chi connectivity index (χ0) is 13.5. The van der Waals surface area contributed by atoms with Crippen molar-refractivity contribution < 1.29 is 4.42 Å². The van der Waals surface area contributed by atoms with Crippen LogP contribution in [0.15, 0.2) is 52.2 Å². The van der Waals surface area contributed by atoms with E-state index in [2.05, 4.69) is 43.4 Å². The predicted octanol–water partition coefficient (Wildman–Crippen LogP) is 4.48. The first kappa shape index (κ1) is 14.2. The van der Waals surface area contributed by atoms with Crippen LogP contribution in [0.3, 0.4) is 0 Å². The summed E-state index contributed by atoms with van der Waals surface area (Å²) in [4.78, 5) is 1.33. The molecule has 1 atom stereocenters. The summed E-state index contributed by atoms with van der Waals surface area (Å²) in [6.07, 6.45) is 4.68. The summed E-state index contributed by atoms with van der Waals surface area (Å²) in [6.45, 7) is 5.36. The summed E-state index contributed by atoms with van der Waals surface area (Å²) in [7, 11) is 0. The summed E-state index contributed by atoms with van der Waals surface area (Å²) >= 11 is 1.87. The van der Waals surface area contributed by atoms with E-state index in [1.807, 2.05) is 24.1 Å². The van der Waals surface area contributed by atoms with Gasteiger partial charge in [-0.1, -0.05) is 26.0 Å². The third kappa shape index (κ3) is 3.88. The molecule has 102 valence electrons. The second kappa shape index (κ2) is 7.41. The lowest BCUT2D eigenvalue weighted by molar-refractivity contribution is 0.548. The van der Waals surface area contributed by atoms with Crippen molar-refractivity contribution >= 4 is 11.8 Å². The fourth-order valence-electron chi connectivity index (χ4n) is 2.08. The van der Waals surface area contributed by atoms with Gasteiger partial charge in [0.15, 0.2) is 0 Å². The van der Waals surface area contributed by atoms with Crippen LogP contribution in [-0.2, 0) is 0 Å². The molecule has 0 bridgehead atoms. The van der Waals surface area contributed by atoms with Crippen LogP contribution in [0, 0.1) is 0 Å². The van der Waals surface area contributed by atoms with Gasteiger partial charge < -0.3 is 9.73 Å². The Morgan fingerprint density at radius 3 is 2.47 bits per heavy atom. The first-order valence-corrected chi connectivity index (χ1v) is 7.82. The monoisotopic (exact) mass is 275 g/mol. The minimum Gasteiger partial charge on any atom is -0.472 e. The van der Waals surface area contributed by atoms with Crippen LogP contribution in [0.4, 0.5) is 0 Å². The molecule has 2 rings (SSSR count). The molecule has 0 fully saturated rings. The van der Waals surface area contributed by atoms with Crippen molar-refractivity contribution in [2.75, 3.05) is 12.3 Å². The average molecular weight is 275 g/mol. The van der Waals surface area contributed by atoms with Gasteiger partial charge in [-0.05, 0) is 42.5 Å². The molecule has 0 amide bonds. The molecule has 1 aromatic heterocycles. The minimum atomic E-state index is 0.222. The first-order chi connectivity index (χ1) is 9.35. The largest absolute Gasteiger partial charge is 0.472 e. The number of nitrogens with one attached hydrogen (secondary N) is 1. The Kier molecular flexibility index (Phi) is 5.55. The number of thioether (sulfide) groups is 1. The van der Waals surface area contributed by atoms with Crippen molar-refractivity contribution in [3.8, 4) is 0 Å². The van der Waals surface area contributed by atoms with Gasteiger partial charge in [-0.15, -0.1) is 11.8 Å². The molecule has 19 heavy (non-hydrogen) atoms. The summed E-state index contributed by atoms with van der Waals surface area (Å²) in [5.74, 6) is 1.11. The molecule has 0 aliphatic carbocycles. The second-order valence-corrected chi connectivity index (χ2v) is 5.78. The molecular weight excluding hydrogens is 254 g/mol. The lowest BCUT2D eigenvalue weighted by Gasteiger charge is -2.18. The van der Waals surface area contributed by atoms with Crippen molar-refractivity contribution in [2.24, 2.45) is 0 Å². The second-order valence-electron chi connectivity index (χ2n) is 4.45. The molecule has 1 unspecified atom stereocenters. The normalized spacial score (nSPS) is 12.5. The Balaban J connectivity index is 2.17. The molecule has 2 aromatic rings. The van der Waals surface area contributed by atoms with Gasteiger partial charge in [-0.2, -0.15) is 0 Å². The topological polar surface area (TPSA) is 25.2 Å². The predicted molar refractivity (Wildman–Crippen MR) is 81.7 cm³/mol. The van der Waals surface area contributed by atoms with E-state index >= 15 is 0 Å². The van der Waals surface area contributed by atoms with Crippen LogP contribution in [-0.4, -0.2) is 12.3 Å². The number of hydrogen-bond donors (Lipinski definition) is 1. The third-order valence-electron chi connectivity index (χ3n) is 3.00. The SMILES string of the molecule is CCCNC(c1ccc(SCC)cc1)c1ccoc1. The zero-order valence-electron chi connectivity index (χ0n) is 11.6. The fraction of sp³-hybridized carbons (Fsp3) is 0.375. The highest BCUT2D eigenvalue weighted by molar-refractivity contribution is 7.99. The molecule has 0 saturated heterocycles. The molecule has 0 radical (unpaired) electrons. The Morgan fingerprint density at radius 1 is 1.11 bits per heavy atom. The van der Waals surface area contributed by atoms with E-state index < -0.39 is 0 Å². The number of benzene rings is 1.